The number of carboxylic acids is 1. The normalized spacial score (nSPS) is 24.9. The van der Waals surface area contributed by atoms with Crippen LogP contribution in [0.2, 0.25) is 0 Å². The largest absolute Gasteiger partial charge is 0.481 e. The van der Waals surface area contributed by atoms with Gasteiger partial charge in [-0.2, -0.15) is 5.06 Å². The van der Waals surface area contributed by atoms with Crippen LogP contribution >= 0.6 is 0 Å². The Morgan fingerprint density at radius 3 is 2.23 bits per heavy atom. The number of carbonyl (C=O) groups is 3. The lowest BCUT2D eigenvalue weighted by molar-refractivity contribution is -0.194. The maximum absolute atomic E-state index is 13.5. The fourth-order valence-electron chi connectivity index (χ4n) is 5.22. The standard InChI is InChI=1S/C26H38N2O7/c1-14-15(2)22-17(16(3)21(14)34-20(31)10-9-19(29)30)11-12-26(8,35-22)23(32)27-18-13-24(4,5)28(33)25(18,6)7/h18,33H,9-13H2,1-8H3,(H,27,32)(H,29,30). The van der Waals surface area contributed by atoms with Gasteiger partial charge in [0.25, 0.3) is 5.91 Å². The third-order valence-electron chi connectivity index (χ3n) is 7.71. The lowest BCUT2D eigenvalue weighted by Crippen LogP contribution is -2.58. The molecule has 3 rings (SSSR count). The molecule has 2 aliphatic rings. The van der Waals surface area contributed by atoms with Crippen LogP contribution in [-0.2, 0) is 20.8 Å². The van der Waals surface area contributed by atoms with Gasteiger partial charge in [-0.05, 0) is 84.9 Å². The minimum absolute atomic E-state index is 0.210. The van der Waals surface area contributed by atoms with Crippen LogP contribution in [0, 0.1) is 20.8 Å². The van der Waals surface area contributed by atoms with Crippen LogP contribution in [0.25, 0.3) is 0 Å². The summed E-state index contributed by atoms with van der Waals surface area (Å²) in [5.41, 5.74) is 0.917. The third kappa shape index (κ3) is 4.89. The third-order valence-corrected chi connectivity index (χ3v) is 7.71. The van der Waals surface area contributed by atoms with Crippen molar-refractivity contribution in [1.82, 2.24) is 10.4 Å². The van der Waals surface area contributed by atoms with Crippen molar-refractivity contribution in [2.45, 2.75) is 110 Å². The molecule has 9 heteroatoms. The van der Waals surface area contributed by atoms with Crippen molar-refractivity contribution in [1.29, 1.82) is 0 Å². The van der Waals surface area contributed by atoms with Crippen LogP contribution in [-0.4, -0.2) is 55.9 Å². The molecule has 0 aromatic heterocycles. The van der Waals surface area contributed by atoms with Gasteiger partial charge in [0.1, 0.15) is 11.5 Å². The number of benzene rings is 1. The SMILES string of the molecule is Cc1c(C)c2c(c(C)c1OC(=O)CCC(=O)O)CCC(C)(C(=O)NC1CC(C)(C)N(O)C1(C)C)O2. The number of hydrogen-bond donors (Lipinski definition) is 3. The molecule has 9 nitrogen and oxygen atoms in total. The molecule has 1 amide bonds. The van der Waals surface area contributed by atoms with Gasteiger partial charge in [0.05, 0.1) is 24.4 Å². The van der Waals surface area contributed by atoms with Gasteiger partial charge in [-0.15, -0.1) is 0 Å². The molecular formula is C26H38N2O7. The van der Waals surface area contributed by atoms with E-state index in [1.165, 1.54) is 5.06 Å². The van der Waals surface area contributed by atoms with Crippen LogP contribution in [0.5, 0.6) is 11.5 Å². The molecule has 0 aliphatic carbocycles. The number of amides is 1. The summed E-state index contributed by atoms with van der Waals surface area (Å²) in [7, 11) is 0. The Kier molecular flexibility index (Phi) is 7.00. The maximum atomic E-state index is 13.5. The van der Waals surface area contributed by atoms with E-state index in [4.69, 9.17) is 14.6 Å². The summed E-state index contributed by atoms with van der Waals surface area (Å²) in [5.74, 6) is -0.848. The minimum Gasteiger partial charge on any atom is -0.481 e. The Bertz CT molecular complexity index is 1060. The number of hydroxylamine groups is 2. The molecule has 0 saturated carbocycles. The van der Waals surface area contributed by atoms with E-state index in [2.05, 4.69) is 5.32 Å². The Balaban J connectivity index is 1.83. The first-order valence-electron chi connectivity index (χ1n) is 12.1. The fourth-order valence-corrected chi connectivity index (χ4v) is 5.22. The van der Waals surface area contributed by atoms with Crippen molar-refractivity contribution >= 4 is 17.8 Å². The summed E-state index contributed by atoms with van der Waals surface area (Å²) >= 11 is 0. The van der Waals surface area contributed by atoms with E-state index in [0.717, 1.165) is 16.7 Å². The number of fused-ring (bicyclic) bond motifs is 1. The first-order valence-corrected chi connectivity index (χ1v) is 12.1. The zero-order chi connectivity index (χ0) is 26.5. The number of carboxylic acid groups (broad SMARTS) is 1. The molecule has 3 N–H and O–H groups in total. The minimum atomic E-state index is -1.10. The number of aliphatic carboxylic acids is 1. The van der Waals surface area contributed by atoms with E-state index in [1.54, 1.807) is 6.92 Å². The van der Waals surface area contributed by atoms with E-state index in [9.17, 15) is 19.6 Å². The van der Waals surface area contributed by atoms with Crippen LogP contribution in [0.15, 0.2) is 0 Å². The molecule has 2 aliphatic heterocycles. The summed E-state index contributed by atoms with van der Waals surface area (Å²) in [6.45, 7) is 15.0. The average Bonchev–Trinajstić information content (AvgIpc) is 2.92. The van der Waals surface area contributed by atoms with Crippen molar-refractivity contribution in [2.75, 3.05) is 0 Å². The second kappa shape index (κ2) is 9.09. The Morgan fingerprint density at radius 2 is 1.69 bits per heavy atom. The zero-order valence-corrected chi connectivity index (χ0v) is 22.0. The second-order valence-corrected chi connectivity index (χ2v) is 11.2. The van der Waals surface area contributed by atoms with Crippen molar-refractivity contribution < 1.29 is 34.2 Å². The maximum Gasteiger partial charge on any atom is 0.311 e. The van der Waals surface area contributed by atoms with Crippen LogP contribution in [0.4, 0.5) is 0 Å². The highest BCUT2D eigenvalue weighted by Crippen LogP contribution is 2.45. The topological polar surface area (TPSA) is 125 Å². The molecule has 0 radical (unpaired) electrons. The summed E-state index contributed by atoms with van der Waals surface area (Å²) < 4.78 is 11.9. The summed E-state index contributed by atoms with van der Waals surface area (Å²) in [4.78, 5) is 36.4. The summed E-state index contributed by atoms with van der Waals surface area (Å²) in [6.07, 6.45) is 1.08. The Hall–Kier alpha value is -2.65. The molecule has 1 aromatic carbocycles. The highest BCUT2D eigenvalue weighted by atomic mass is 16.5. The smallest absolute Gasteiger partial charge is 0.311 e. The van der Waals surface area contributed by atoms with E-state index in [-0.39, 0.29) is 24.8 Å². The lowest BCUT2D eigenvalue weighted by Gasteiger charge is -2.39. The molecule has 0 bridgehead atoms. The van der Waals surface area contributed by atoms with Gasteiger partial charge in [0, 0.05) is 17.5 Å². The van der Waals surface area contributed by atoms with Crippen LogP contribution in [0.1, 0.15) is 82.6 Å². The summed E-state index contributed by atoms with van der Waals surface area (Å²) in [5, 5.41) is 23.9. The number of esters is 1. The molecule has 1 fully saturated rings. The van der Waals surface area contributed by atoms with E-state index < -0.39 is 28.6 Å². The van der Waals surface area contributed by atoms with E-state index in [1.807, 2.05) is 48.5 Å². The molecule has 2 heterocycles. The highest BCUT2D eigenvalue weighted by Gasteiger charge is 2.53. The highest BCUT2D eigenvalue weighted by molar-refractivity contribution is 5.86. The number of ether oxygens (including phenoxy) is 2. The average molecular weight is 491 g/mol. The second-order valence-electron chi connectivity index (χ2n) is 11.2. The quantitative estimate of drug-likeness (QED) is 0.408. The van der Waals surface area contributed by atoms with Crippen molar-refractivity contribution in [3.05, 3.63) is 22.3 Å². The molecule has 0 spiro atoms. The molecule has 1 aromatic rings. The van der Waals surface area contributed by atoms with Crippen molar-refractivity contribution in [2.24, 2.45) is 0 Å². The molecule has 35 heavy (non-hydrogen) atoms. The van der Waals surface area contributed by atoms with E-state index in [0.29, 0.717) is 36.3 Å². The molecule has 2 atom stereocenters. The van der Waals surface area contributed by atoms with Crippen LogP contribution < -0.4 is 14.8 Å². The fraction of sp³-hybridized carbons (Fsp3) is 0.654. The van der Waals surface area contributed by atoms with Gasteiger partial charge in [0.2, 0.25) is 0 Å². The number of carbonyl (C=O) groups excluding carboxylic acids is 2. The number of nitrogens with one attached hydrogen (secondary N) is 1. The molecule has 194 valence electrons. The van der Waals surface area contributed by atoms with Gasteiger partial charge >= 0.3 is 11.9 Å². The van der Waals surface area contributed by atoms with Gasteiger partial charge in [-0.25, -0.2) is 0 Å². The number of hydrogen-bond acceptors (Lipinski definition) is 7. The predicted octanol–water partition coefficient (Wildman–Crippen LogP) is 3.60. The number of nitrogens with zero attached hydrogens (tertiary/aromatic N) is 1. The lowest BCUT2D eigenvalue weighted by atomic mass is 9.86. The van der Waals surface area contributed by atoms with Crippen molar-refractivity contribution in [3.8, 4) is 11.5 Å². The van der Waals surface area contributed by atoms with Gasteiger partial charge < -0.3 is 25.1 Å². The monoisotopic (exact) mass is 490 g/mol. The van der Waals surface area contributed by atoms with Gasteiger partial charge in [-0.3, -0.25) is 14.4 Å². The zero-order valence-electron chi connectivity index (χ0n) is 22.0. The molecule has 2 unspecified atom stereocenters. The number of rotatable bonds is 6. The summed E-state index contributed by atoms with van der Waals surface area (Å²) in [6, 6.07) is -0.256. The molecular weight excluding hydrogens is 452 g/mol. The van der Waals surface area contributed by atoms with Gasteiger partial charge in [0.15, 0.2) is 5.60 Å². The first-order chi connectivity index (χ1) is 16.0. The molecule has 1 saturated heterocycles. The van der Waals surface area contributed by atoms with Crippen LogP contribution in [0.3, 0.4) is 0 Å². The van der Waals surface area contributed by atoms with Crippen molar-refractivity contribution in [3.63, 3.8) is 0 Å². The van der Waals surface area contributed by atoms with E-state index >= 15 is 0 Å². The van der Waals surface area contributed by atoms with Gasteiger partial charge in [-0.1, -0.05) is 0 Å². The Labute approximate surface area is 206 Å². The first kappa shape index (κ1) is 26.9. The Morgan fingerprint density at radius 1 is 1.06 bits per heavy atom. The predicted molar refractivity (Wildman–Crippen MR) is 129 cm³/mol.